The number of hydrogen-bond acceptors (Lipinski definition) is 5. The molecule has 0 saturated heterocycles. The van der Waals surface area contributed by atoms with Gasteiger partial charge in [0.15, 0.2) is 0 Å². The van der Waals surface area contributed by atoms with Crippen molar-refractivity contribution in [2.24, 2.45) is 5.92 Å². The number of hydrogen-bond donors (Lipinski definition) is 3. The van der Waals surface area contributed by atoms with Gasteiger partial charge in [-0.05, 0) is 6.42 Å². The molecule has 0 aliphatic rings. The maximum Gasteiger partial charge on any atom is 0.304 e. The molecule has 0 heterocycles. The van der Waals surface area contributed by atoms with Crippen molar-refractivity contribution in [3.8, 4) is 0 Å². The summed E-state index contributed by atoms with van der Waals surface area (Å²) in [7, 11) is 0. The molecule has 14 heavy (non-hydrogen) atoms. The maximum atomic E-state index is 10.1. The van der Waals surface area contributed by atoms with Gasteiger partial charge in [0.1, 0.15) is 0 Å². The zero-order valence-corrected chi connectivity index (χ0v) is 7.98. The van der Waals surface area contributed by atoms with Gasteiger partial charge >= 0.3 is 5.97 Å². The molecule has 8 nitrogen and oxygen atoms in total. The zero-order valence-electron chi connectivity index (χ0n) is 7.98. The predicted octanol–water partition coefficient (Wildman–Crippen LogP) is -2.28. The highest BCUT2D eigenvalue weighted by Gasteiger charge is 2.14. The summed E-state index contributed by atoms with van der Waals surface area (Å²) in [6.07, 6.45) is -1.61. The molecule has 0 saturated carbocycles. The molecule has 0 rings (SSSR count). The molecular formula is C6H14N2O6. The van der Waals surface area contributed by atoms with E-state index in [2.05, 4.69) is 0 Å². The van der Waals surface area contributed by atoms with E-state index in [1.807, 2.05) is 0 Å². The lowest BCUT2D eigenvalue weighted by Crippen LogP contribution is -2.37. The van der Waals surface area contributed by atoms with E-state index in [0.29, 0.717) is 0 Å². The average Bonchev–Trinajstić information content (AvgIpc) is 1.83. The highest BCUT2D eigenvalue weighted by molar-refractivity contribution is 5.80. The fraction of sp³-hybridized carbons (Fsp3) is 0.500. The molecule has 1 atom stereocenters. The second kappa shape index (κ2) is 7.95. The van der Waals surface area contributed by atoms with E-state index in [9.17, 15) is 24.6 Å². The molecule has 9 N–H and O–H groups in total. The predicted molar refractivity (Wildman–Crippen MR) is 42.3 cm³/mol. The van der Waals surface area contributed by atoms with Crippen LogP contribution in [0.3, 0.4) is 0 Å². The molecule has 1 unspecified atom stereocenters. The second-order valence-electron chi connectivity index (χ2n) is 2.19. The number of quaternary nitrogens is 2. The molecule has 0 spiro atoms. The Hall–Kier alpha value is -1.67. The van der Waals surface area contributed by atoms with E-state index in [1.54, 1.807) is 0 Å². The molecule has 0 aromatic rings. The van der Waals surface area contributed by atoms with Crippen LogP contribution in [0.25, 0.3) is 0 Å². The molecule has 0 radical (unpaired) electrons. The molecule has 0 amide bonds. The first-order valence-corrected chi connectivity index (χ1v) is 3.06. The zero-order chi connectivity index (χ0) is 9.72. The number of aliphatic carboxylic acids is 3. The van der Waals surface area contributed by atoms with Crippen molar-refractivity contribution >= 4 is 17.9 Å². The van der Waals surface area contributed by atoms with Crippen LogP contribution in [0.4, 0.5) is 0 Å². The van der Waals surface area contributed by atoms with Crippen LogP contribution in [0.5, 0.6) is 0 Å². The summed E-state index contributed by atoms with van der Waals surface area (Å²) in [6, 6.07) is 0. The van der Waals surface area contributed by atoms with Crippen molar-refractivity contribution in [2.45, 2.75) is 12.8 Å². The van der Waals surface area contributed by atoms with Crippen LogP contribution >= 0.6 is 0 Å². The smallest absolute Gasteiger partial charge is 0.304 e. The Balaban J connectivity index is -0.000000605. The molecule has 0 aromatic heterocycles. The van der Waals surface area contributed by atoms with Crippen LogP contribution in [0.1, 0.15) is 12.8 Å². The number of carboxylic acid groups (broad SMARTS) is 3. The average molecular weight is 210 g/mol. The fourth-order valence-corrected chi connectivity index (χ4v) is 0.651. The first-order valence-electron chi connectivity index (χ1n) is 3.06. The van der Waals surface area contributed by atoms with Crippen molar-refractivity contribution < 1.29 is 29.7 Å². The van der Waals surface area contributed by atoms with Gasteiger partial charge in [0.25, 0.3) is 0 Å². The van der Waals surface area contributed by atoms with Crippen LogP contribution in [0.15, 0.2) is 0 Å². The minimum Gasteiger partial charge on any atom is -0.550 e. The van der Waals surface area contributed by atoms with E-state index >= 15 is 0 Å². The minimum atomic E-state index is -1.69. The molecule has 8 heteroatoms. The highest BCUT2D eigenvalue weighted by atomic mass is 16.4. The van der Waals surface area contributed by atoms with Crippen LogP contribution in [-0.4, -0.2) is 23.0 Å². The number of carboxylic acids is 3. The number of rotatable bonds is 5. The number of carbonyl (C=O) groups is 3. The first-order chi connectivity index (χ1) is 5.43. The van der Waals surface area contributed by atoms with Gasteiger partial charge in [-0.2, -0.15) is 0 Å². The van der Waals surface area contributed by atoms with Gasteiger partial charge in [0, 0.05) is 17.9 Å². The van der Waals surface area contributed by atoms with Crippen molar-refractivity contribution in [3.63, 3.8) is 0 Å². The van der Waals surface area contributed by atoms with Crippen molar-refractivity contribution in [1.29, 1.82) is 0 Å². The third kappa shape index (κ3) is 8.43. The topological polar surface area (TPSA) is 191 Å². The lowest BCUT2D eigenvalue weighted by atomic mass is 10.0. The second-order valence-corrected chi connectivity index (χ2v) is 2.19. The van der Waals surface area contributed by atoms with Crippen molar-refractivity contribution in [1.82, 2.24) is 12.3 Å². The van der Waals surface area contributed by atoms with Gasteiger partial charge in [-0.3, -0.25) is 4.79 Å². The Bertz CT molecular complexity index is 200. The summed E-state index contributed by atoms with van der Waals surface area (Å²) in [5, 5.41) is 28.1. The lowest BCUT2D eigenvalue weighted by molar-refractivity contribution is -0.320. The summed E-state index contributed by atoms with van der Waals surface area (Å²) >= 11 is 0. The van der Waals surface area contributed by atoms with Gasteiger partial charge < -0.3 is 37.2 Å². The molecule has 0 aliphatic heterocycles. The third-order valence-electron chi connectivity index (χ3n) is 1.17. The van der Waals surface area contributed by atoms with E-state index in [0.717, 1.165) is 0 Å². The maximum absolute atomic E-state index is 10.1. The standard InChI is InChI=1S/C6H8O6.2H3N/c7-4(8)1-3(6(11)12)2-5(9)10;;/h3H,1-2H2,(H,7,8)(H,9,10)(H,11,12);2*1H3. The van der Waals surface area contributed by atoms with E-state index in [1.165, 1.54) is 0 Å². The molecule has 0 bridgehead atoms. The summed E-state index contributed by atoms with van der Waals surface area (Å²) in [5.74, 6) is -6.20. The SMILES string of the molecule is O=C([O-])CC(CC(=O)O)C(=O)[O-].[NH4+].[NH4+]. The Morgan fingerprint density at radius 3 is 1.71 bits per heavy atom. The van der Waals surface area contributed by atoms with Crippen molar-refractivity contribution in [2.75, 3.05) is 0 Å². The summed E-state index contributed by atoms with van der Waals surface area (Å²) in [4.78, 5) is 30.0. The Morgan fingerprint density at radius 1 is 1.07 bits per heavy atom. The third-order valence-corrected chi connectivity index (χ3v) is 1.17. The van der Waals surface area contributed by atoms with E-state index in [-0.39, 0.29) is 12.3 Å². The highest BCUT2D eigenvalue weighted by Crippen LogP contribution is 2.06. The molecule has 0 aliphatic carbocycles. The minimum absolute atomic E-state index is 0. The summed E-state index contributed by atoms with van der Waals surface area (Å²) in [6.45, 7) is 0. The van der Waals surface area contributed by atoms with Crippen LogP contribution in [0, 0.1) is 5.92 Å². The van der Waals surface area contributed by atoms with Crippen LogP contribution in [-0.2, 0) is 14.4 Å². The fourth-order valence-electron chi connectivity index (χ4n) is 0.651. The Kier molecular flexibility index (Phi) is 10.3. The largest absolute Gasteiger partial charge is 0.550 e. The normalized spacial score (nSPS) is 10.3. The lowest BCUT2D eigenvalue weighted by Gasteiger charge is -2.15. The van der Waals surface area contributed by atoms with Crippen LogP contribution in [0.2, 0.25) is 0 Å². The van der Waals surface area contributed by atoms with Gasteiger partial charge in [-0.1, -0.05) is 0 Å². The molecular weight excluding hydrogens is 196 g/mol. The Morgan fingerprint density at radius 2 is 1.50 bits per heavy atom. The van der Waals surface area contributed by atoms with Gasteiger partial charge in [-0.15, -0.1) is 0 Å². The molecule has 0 aromatic carbocycles. The van der Waals surface area contributed by atoms with E-state index < -0.39 is 36.7 Å². The quantitative estimate of drug-likeness (QED) is 0.457. The number of carbonyl (C=O) groups excluding carboxylic acids is 2. The summed E-state index contributed by atoms with van der Waals surface area (Å²) < 4.78 is 0. The monoisotopic (exact) mass is 210 g/mol. The van der Waals surface area contributed by atoms with Crippen molar-refractivity contribution in [3.05, 3.63) is 0 Å². The summed E-state index contributed by atoms with van der Waals surface area (Å²) in [5.41, 5.74) is 0. The van der Waals surface area contributed by atoms with Crippen LogP contribution < -0.4 is 22.5 Å². The molecule has 0 fully saturated rings. The molecule has 84 valence electrons. The van der Waals surface area contributed by atoms with E-state index in [4.69, 9.17) is 5.11 Å². The first kappa shape index (κ1) is 18.2. The Labute approximate surface area is 79.7 Å². The van der Waals surface area contributed by atoms with Gasteiger partial charge in [0.05, 0.1) is 6.42 Å². The van der Waals surface area contributed by atoms with Gasteiger partial charge in [0.2, 0.25) is 0 Å². The van der Waals surface area contributed by atoms with Gasteiger partial charge in [-0.25, -0.2) is 0 Å².